The Morgan fingerprint density at radius 2 is 2.05 bits per heavy atom. The fourth-order valence-electron chi connectivity index (χ4n) is 1.78. The normalized spacial score (nSPS) is 10.2. The fraction of sp³-hybridized carbons (Fsp3) is 0.0667. The minimum Gasteiger partial charge on any atom is -0.389 e. The van der Waals surface area contributed by atoms with Gasteiger partial charge < -0.3 is 11.1 Å². The quantitative estimate of drug-likeness (QED) is 0.516. The number of carbonyl (C=O) groups is 1. The minimum absolute atomic E-state index is 0.146. The van der Waals surface area contributed by atoms with E-state index in [1.807, 2.05) is 19.1 Å². The lowest BCUT2D eigenvalue weighted by Crippen LogP contribution is -2.15. The van der Waals surface area contributed by atoms with Crippen LogP contribution in [-0.2, 0) is 0 Å². The van der Waals surface area contributed by atoms with Crippen molar-refractivity contribution in [2.75, 3.05) is 5.32 Å². The number of thiocarbonyl (C=S) groups is 1. The minimum atomic E-state index is -0.146. The van der Waals surface area contributed by atoms with Crippen LogP contribution in [0.2, 0.25) is 0 Å². The average molecular weight is 475 g/mol. The van der Waals surface area contributed by atoms with Crippen LogP contribution in [0.1, 0.15) is 21.5 Å². The molecular weight excluding hydrogens is 463 g/mol. The van der Waals surface area contributed by atoms with E-state index in [0.717, 1.165) is 19.2 Å². The number of hydrogen-bond acceptors (Lipinski definition) is 2. The molecule has 0 heterocycles. The van der Waals surface area contributed by atoms with E-state index in [0.29, 0.717) is 16.2 Å². The van der Waals surface area contributed by atoms with Crippen LogP contribution in [0, 0.1) is 10.5 Å². The van der Waals surface area contributed by atoms with E-state index in [4.69, 9.17) is 18.0 Å². The Bertz CT molecular complexity index is 734. The largest absolute Gasteiger partial charge is 0.389 e. The lowest BCUT2D eigenvalue weighted by atomic mass is 10.1. The second-order valence-electron chi connectivity index (χ2n) is 4.45. The van der Waals surface area contributed by atoms with Gasteiger partial charge in [0, 0.05) is 13.6 Å². The van der Waals surface area contributed by atoms with Crippen LogP contribution in [0.5, 0.6) is 0 Å². The van der Waals surface area contributed by atoms with Crippen molar-refractivity contribution in [2.45, 2.75) is 6.92 Å². The smallest absolute Gasteiger partial charge is 0.256 e. The lowest BCUT2D eigenvalue weighted by Gasteiger charge is -2.11. The van der Waals surface area contributed by atoms with Crippen molar-refractivity contribution in [3.63, 3.8) is 0 Å². The van der Waals surface area contributed by atoms with Crippen LogP contribution in [0.4, 0.5) is 5.69 Å². The molecule has 0 radical (unpaired) electrons. The van der Waals surface area contributed by atoms with Gasteiger partial charge in [-0.25, -0.2) is 0 Å². The number of halogens is 2. The molecule has 2 aromatic rings. The molecule has 0 atom stereocenters. The molecular formula is C15H12BrIN2OS. The molecule has 0 spiro atoms. The Kier molecular flexibility index (Phi) is 5.34. The number of aryl methyl sites for hydroxylation is 1. The number of nitrogens with one attached hydrogen (secondary N) is 1. The molecule has 21 heavy (non-hydrogen) atoms. The van der Waals surface area contributed by atoms with E-state index in [2.05, 4.69) is 43.8 Å². The van der Waals surface area contributed by atoms with Gasteiger partial charge in [0.25, 0.3) is 5.91 Å². The van der Waals surface area contributed by atoms with Crippen LogP contribution < -0.4 is 11.1 Å². The number of rotatable bonds is 3. The number of nitrogens with two attached hydrogens (primary N) is 1. The Labute approximate surface area is 150 Å². The van der Waals surface area contributed by atoms with E-state index in [9.17, 15) is 4.79 Å². The predicted octanol–water partition coefficient (Wildman–Crippen LogP) is 4.25. The molecule has 0 aromatic heterocycles. The maximum Gasteiger partial charge on any atom is 0.256 e. The number of carbonyl (C=O) groups excluding carboxylic acids is 1. The van der Waals surface area contributed by atoms with Crippen molar-refractivity contribution >= 4 is 67.3 Å². The van der Waals surface area contributed by atoms with Gasteiger partial charge in [0.1, 0.15) is 4.99 Å². The topological polar surface area (TPSA) is 55.1 Å². The standard InChI is InChI=1S/C15H12BrIN2OS/c1-8-3-2-4-10(13(8)17)15(20)19-12-6-5-9(14(18)21)7-11(12)16/h2-7H,1H3,(H2,18,21)(H,19,20). The first-order valence-corrected chi connectivity index (χ1v) is 8.34. The molecule has 0 aliphatic rings. The van der Waals surface area contributed by atoms with Crippen LogP contribution in [0.25, 0.3) is 0 Å². The summed E-state index contributed by atoms with van der Waals surface area (Å²) >= 11 is 10.5. The molecule has 108 valence electrons. The summed E-state index contributed by atoms with van der Waals surface area (Å²) in [6.45, 7) is 1.98. The first kappa shape index (κ1) is 16.4. The highest BCUT2D eigenvalue weighted by Gasteiger charge is 2.13. The average Bonchev–Trinajstić information content (AvgIpc) is 2.43. The Hall–Kier alpha value is -0.990. The van der Waals surface area contributed by atoms with Gasteiger partial charge in [-0.15, -0.1) is 0 Å². The molecule has 3 nitrogen and oxygen atoms in total. The van der Waals surface area contributed by atoms with Crippen LogP contribution in [0.3, 0.4) is 0 Å². The highest BCUT2D eigenvalue weighted by atomic mass is 127. The molecule has 2 aromatic carbocycles. The van der Waals surface area contributed by atoms with Crippen molar-refractivity contribution in [2.24, 2.45) is 5.73 Å². The first-order valence-electron chi connectivity index (χ1n) is 6.06. The van der Waals surface area contributed by atoms with Crippen molar-refractivity contribution < 1.29 is 4.79 Å². The van der Waals surface area contributed by atoms with E-state index in [-0.39, 0.29) is 5.91 Å². The van der Waals surface area contributed by atoms with E-state index < -0.39 is 0 Å². The van der Waals surface area contributed by atoms with Crippen molar-refractivity contribution in [1.82, 2.24) is 0 Å². The van der Waals surface area contributed by atoms with Gasteiger partial charge >= 0.3 is 0 Å². The molecule has 0 unspecified atom stereocenters. The van der Waals surface area contributed by atoms with Gasteiger partial charge in [-0.2, -0.15) is 0 Å². The molecule has 0 aliphatic carbocycles. The summed E-state index contributed by atoms with van der Waals surface area (Å²) in [4.78, 5) is 12.7. The third-order valence-electron chi connectivity index (χ3n) is 2.94. The van der Waals surface area contributed by atoms with Gasteiger partial charge in [0.2, 0.25) is 0 Å². The van der Waals surface area contributed by atoms with Crippen LogP contribution in [-0.4, -0.2) is 10.9 Å². The van der Waals surface area contributed by atoms with E-state index in [1.165, 1.54) is 0 Å². The Morgan fingerprint density at radius 3 is 2.67 bits per heavy atom. The van der Waals surface area contributed by atoms with Crippen molar-refractivity contribution in [3.05, 3.63) is 61.1 Å². The van der Waals surface area contributed by atoms with E-state index >= 15 is 0 Å². The van der Waals surface area contributed by atoms with Gasteiger partial charge in [-0.05, 0) is 75.3 Å². The third-order valence-corrected chi connectivity index (χ3v) is 5.26. The molecule has 1 amide bonds. The molecule has 0 fully saturated rings. The zero-order valence-corrected chi connectivity index (χ0v) is 15.7. The van der Waals surface area contributed by atoms with Crippen molar-refractivity contribution in [1.29, 1.82) is 0 Å². The summed E-state index contributed by atoms with van der Waals surface area (Å²) in [7, 11) is 0. The molecule has 2 rings (SSSR count). The number of benzene rings is 2. The Balaban J connectivity index is 2.28. The summed E-state index contributed by atoms with van der Waals surface area (Å²) < 4.78 is 1.69. The van der Waals surface area contributed by atoms with Crippen molar-refractivity contribution in [3.8, 4) is 0 Å². The molecule has 3 N–H and O–H groups in total. The maximum atomic E-state index is 12.4. The Morgan fingerprint density at radius 1 is 1.33 bits per heavy atom. The van der Waals surface area contributed by atoms with Crippen LogP contribution >= 0.6 is 50.7 Å². The number of hydrogen-bond donors (Lipinski definition) is 2. The third kappa shape index (κ3) is 3.81. The molecule has 6 heteroatoms. The summed E-state index contributed by atoms with van der Waals surface area (Å²) in [5.41, 5.74) is 8.74. The second kappa shape index (κ2) is 6.85. The van der Waals surface area contributed by atoms with Gasteiger partial charge in [-0.3, -0.25) is 4.79 Å². The second-order valence-corrected chi connectivity index (χ2v) is 6.82. The summed E-state index contributed by atoms with van der Waals surface area (Å²) in [6.07, 6.45) is 0. The molecule has 0 saturated heterocycles. The molecule has 0 aliphatic heterocycles. The highest BCUT2D eigenvalue weighted by Crippen LogP contribution is 2.25. The maximum absolute atomic E-state index is 12.4. The van der Waals surface area contributed by atoms with E-state index in [1.54, 1.807) is 24.3 Å². The number of amides is 1. The molecule has 0 bridgehead atoms. The summed E-state index contributed by atoms with van der Waals surface area (Å²) in [6, 6.07) is 11.0. The van der Waals surface area contributed by atoms with Gasteiger partial charge in [0.15, 0.2) is 0 Å². The zero-order chi connectivity index (χ0) is 15.6. The monoisotopic (exact) mass is 474 g/mol. The highest BCUT2D eigenvalue weighted by molar-refractivity contribution is 14.1. The van der Waals surface area contributed by atoms with Crippen LogP contribution in [0.15, 0.2) is 40.9 Å². The van der Waals surface area contributed by atoms with Gasteiger partial charge in [0.05, 0.1) is 11.3 Å². The number of anilines is 1. The SMILES string of the molecule is Cc1cccc(C(=O)Nc2ccc(C(N)=S)cc2Br)c1I. The summed E-state index contributed by atoms with van der Waals surface area (Å²) in [5.74, 6) is -0.146. The first-order chi connectivity index (χ1) is 9.90. The van der Waals surface area contributed by atoms with Gasteiger partial charge in [-0.1, -0.05) is 24.4 Å². The molecule has 0 saturated carbocycles. The summed E-state index contributed by atoms with van der Waals surface area (Å²) in [5, 5.41) is 2.89. The fourth-order valence-corrected chi connectivity index (χ4v) is 2.99. The zero-order valence-electron chi connectivity index (χ0n) is 11.1. The predicted molar refractivity (Wildman–Crippen MR) is 102 cm³/mol. The lowest BCUT2D eigenvalue weighted by molar-refractivity contribution is 0.102.